The lowest BCUT2D eigenvalue weighted by Crippen LogP contribution is -2.00. The molecule has 2 aromatic rings. The number of furan rings is 1. The van der Waals surface area contributed by atoms with Gasteiger partial charge in [-0.05, 0) is 24.3 Å². The van der Waals surface area contributed by atoms with Gasteiger partial charge in [-0.2, -0.15) is 5.26 Å². The first kappa shape index (κ1) is 15.1. The third-order valence-corrected chi connectivity index (χ3v) is 2.83. The van der Waals surface area contributed by atoms with E-state index in [0.717, 1.165) is 6.08 Å². The summed E-state index contributed by atoms with van der Waals surface area (Å²) in [5.74, 6) is -1.11. The van der Waals surface area contributed by atoms with Gasteiger partial charge in [0.2, 0.25) is 0 Å². The molecule has 110 valence electrons. The molecular formula is C16H11NO5. The number of methoxy groups -OCH3 is 1. The molecule has 1 heterocycles. The summed E-state index contributed by atoms with van der Waals surface area (Å²) in [6.45, 7) is 0. The van der Waals surface area contributed by atoms with Crippen LogP contribution in [-0.2, 0) is 9.53 Å². The molecule has 0 spiro atoms. The fourth-order valence-corrected chi connectivity index (χ4v) is 1.79. The predicted octanol–water partition coefficient (Wildman–Crippen LogP) is 2.72. The zero-order valence-corrected chi connectivity index (χ0v) is 11.6. The molecule has 0 bridgehead atoms. The Labute approximate surface area is 125 Å². The Bertz CT molecular complexity index is 795. The molecule has 0 aliphatic rings. The van der Waals surface area contributed by atoms with Crippen LogP contribution in [0.4, 0.5) is 0 Å². The lowest BCUT2D eigenvalue weighted by molar-refractivity contribution is -0.132. The summed E-state index contributed by atoms with van der Waals surface area (Å²) in [6, 6.07) is 11.4. The van der Waals surface area contributed by atoms with Crippen molar-refractivity contribution >= 4 is 18.0 Å². The van der Waals surface area contributed by atoms with Crippen molar-refractivity contribution in [3.05, 3.63) is 53.3 Å². The minimum absolute atomic E-state index is 0.234. The van der Waals surface area contributed by atoms with Crippen LogP contribution in [0.25, 0.3) is 17.4 Å². The number of esters is 1. The summed E-state index contributed by atoms with van der Waals surface area (Å²) in [5.41, 5.74) is 0.581. The van der Waals surface area contributed by atoms with E-state index >= 15 is 0 Å². The number of rotatable bonds is 4. The molecule has 6 heteroatoms. The van der Waals surface area contributed by atoms with E-state index in [0.29, 0.717) is 16.9 Å². The highest BCUT2D eigenvalue weighted by molar-refractivity contribution is 5.96. The van der Waals surface area contributed by atoms with Gasteiger partial charge < -0.3 is 14.3 Å². The van der Waals surface area contributed by atoms with E-state index in [1.807, 2.05) is 0 Å². The number of aliphatic carboxylic acids is 1. The lowest BCUT2D eigenvalue weighted by Gasteiger charge is -2.01. The number of carbonyl (C=O) groups excluding carboxylic acids is 1. The van der Waals surface area contributed by atoms with Crippen molar-refractivity contribution in [1.82, 2.24) is 0 Å². The third-order valence-electron chi connectivity index (χ3n) is 2.83. The molecule has 1 N–H and O–H groups in total. The van der Waals surface area contributed by atoms with Gasteiger partial charge in [0.15, 0.2) is 0 Å². The molecule has 0 atom stereocenters. The molecule has 22 heavy (non-hydrogen) atoms. The Kier molecular flexibility index (Phi) is 4.39. The summed E-state index contributed by atoms with van der Waals surface area (Å²) in [7, 11) is 1.29. The van der Waals surface area contributed by atoms with Gasteiger partial charge in [-0.3, -0.25) is 0 Å². The number of carboxylic acid groups (broad SMARTS) is 1. The number of ether oxygens (including phenoxy) is 1. The second-order valence-corrected chi connectivity index (χ2v) is 4.25. The summed E-state index contributed by atoms with van der Waals surface area (Å²) in [6.07, 6.45) is 1.13. The maximum atomic E-state index is 11.5. The van der Waals surface area contributed by atoms with Crippen LogP contribution in [0.2, 0.25) is 0 Å². The molecule has 6 nitrogen and oxygen atoms in total. The molecule has 0 saturated heterocycles. The van der Waals surface area contributed by atoms with Crippen LogP contribution in [0.3, 0.4) is 0 Å². The van der Waals surface area contributed by atoms with E-state index in [9.17, 15) is 9.59 Å². The average molecular weight is 297 g/mol. The van der Waals surface area contributed by atoms with Gasteiger partial charge in [-0.1, -0.05) is 12.1 Å². The number of carbonyl (C=O) groups is 2. The normalized spacial score (nSPS) is 10.8. The number of carboxylic acids is 1. The van der Waals surface area contributed by atoms with Crippen molar-refractivity contribution in [2.24, 2.45) is 0 Å². The molecule has 1 aromatic heterocycles. The summed E-state index contributed by atoms with van der Waals surface area (Å²) < 4.78 is 10.1. The standard InChI is InChI=1S/C16H11NO5/c1-21-16(20)11-4-2-3-10(7-11)14-6-5-13(22-14)8-12(9-17)15(18)19/h2-8H,1H3,(H,18,19)/b12-8+. The summed E-state index contributed by atoms with van der Waals surface area (Å²) in [5, 5.41) is 17.5. The van der Waals surface area contributed by atoms with Gasteiger partial charge in [-0.15, -0.1) is 0 Å². The monoisotopic (exact) mass is 297 g/mol. The molecule has 0 aliphatic heterocycles. The first-order chi connectivity index (χ1) is 10.5. The first-order valence-corrected chi connectivity index (χ1v) is 6.19. The van der Waals surface area contributed by atoms with Crippen molar-refractivity contribution in [1.29, 1.82) is 5.26 Å². The van der Waals surface area contributed by atoms with Crippen LogP contribution in [0, 0.1) is 11.3 Å². The fourth-order valence-electron chi connectivity index (χ4n) is 1.79. The van der Waals surface area contributed by atoms with Crippen LogP contribution < -0.4 is 0 Å². The number of hydrogen-bond donors (Lipinski definition) is 1. The highest BCUT2D eigenvalue weighted by Crippen LogP contribution is 2.24. The zero-order valence-electron chi connectivity index (χ0n) is 11.6. The lowest BCUT2D eigenvalue weighted by atomic mass is 10.1. The van der Waals surface area contributed by atoms with Crippen LogP contribution in [0.1, 0.15) is 16.1 Å². The Hall–Kier alpha value is -3.33. The molecule has 0 aliphatic carbocycles. The van der Waals surface area contributed by atoms with Crippen LogP contribution in [0.15, 0.2) is 46.4 Å². The number of nitrogens with zero attached hydrogens (tertiary/aromatic N) is 1. The topological polar surface area (TPSA) is 101 Å². The van der Waals surface area contributed by atoms with E-state index < -0.39 is 17.5 Å². The van der Waals surface area contributed by atoms with Crippen LogP contribution in [0.5, 0.6) is 0 Å². The van der Waals surface area contributed by atoms with E-state index in [-0.39, 0.29) is 5.76 Å². The smallest absolute Gasteiger partial charge is 0.346 e. The van der Waals surface area contributed by atoms with E-state index in [4.69, 9.17) is 14.8 Å². The van der Waals surface area contributed by atoms with Crippen LogP contribution in [-0.4, -0.2) is 24.2 Å². The second kappa shape index (κ2) is 6.41. The molecule has 2 rings (SSSR count). The van der Waals surface area contributed by atoms with Crippen molar-refractivity contribution in [3.8, 4) is 17.4 Å². The maximum absolute atomic E-state index is 11.5. The number of benzene rings is 1. The molecular weight excluding hydrogens is 286 g/mol. The van der Waals surface area contributed by atoms with Crippen molar-refractivity contribution in [3.63, 3.8) is 0 Å². The van der Waals surface area contributed by atoms with Gasteiger partial charge in [0.05, 0.1) is 12.7 Å². The molecule has 0 amide bonds. The predicted molar refractivity (Wildman–Crippen MR) is 76.7 cm³/mol. The summed E-state index contributed by atoms with van der Waals surface area (Å²) in [4.78, 5) is 22.3. The second-order valence-electron chi connectivity index (χ2n) is 4.25. The van der Waals surface area contributed by atoms with E-state index in [1.54, 1.807) is 42.5 Å². The molecule has 0 fully saturated rings. The highest BCUT2D eigenvalue weighted by Gasteiger charge is 2.11. The minimum Gasteiger partial charge on any atom is -0.477 e. The quantitative estimate of drug-likeness (QED) is 0.529. The Balaban J connectivity index is 2.35. The van der Waals surface area contributed by atoms with E-state index in [1.165, 1.54) is 7.11 Å². The van der Waals surface area contributed by atoms with Crippen LogP contribution >= 0.6 is 0 Å². The largest absolute Gasteiger partial charge is 0.477 e. The molecule has 0 radical (unpaired) electrons. The Morgan fingerprint density at radius 3 is 2.73 bits per heavy atom. The molecule has 1 aromatic carbocycles. The van der Waals surface area contributed by atoms with Crippen molar-refractivity contribution in [2.45, 2.75) is 0 Å². The van der Waals surface area contributed by atoms with Gasteiger partial charge >= 0.3 is 11.9 Å². The fraction of sp³-hybridized carbons (Fsp3) is 0.0625. The van der Waals surface area contributed by atoms with E-state index in [2.05, 4.69) is 4.74 Å². The SMILES string of the molecule is COC(=O)c1cccc(-c2ccc(/C=C(\C#N)C(=O)O)o2)c1. The molecule has 0 unspecified atom stereocenters. The highest BCUT2D eigenvalue weighted by atomic mass is 16.5. The average Bonchev–Trinajstić information content (AvgIpc) is 3.00. The van der Waals surface area contributed by atoms with Crippen molar-refractivity contribution in [2.75, 3.05) is 7.11 Å². The zero-order chi connectivity index (χ0) is 16.1. The first-order valence-electron chi connectivity index (χ1n) is 6.19. The Morgan fingerprint density at radius 1 is 1.32 bits per heavy atom. The minimum atomic E-state index is -1.33. The number of nitriles is 1. The number of hydrogen-bond acceptors (Lipinski definition) is 5. The van der Waals surface area contributed by atoms with Gasteiger partial charge in [0, 0.05) is 11.6 Å². The van der Waals surface area contributed by atoms with Gasteiger partial charge in [0.25, 0.3) is 0 Å². The van der Waals surface area contributed by atoms with Crippen molar-refractivity contribution < 1.29 is 23.8 Å². The summed E-state index contributed by atoms with van der Waals surface area (Å²) >= 11 is 0. The van der Waals surface area contributed by atoms with Gasteiger partial charge in [-0.25, -0.2) is 9.59 Å². The molecule has 0 saturated carbocycles. The Morgan fingerprint density at radius 2 is 2.09 bits per heavy atom. The van der Waals surface area contributed by atoms with Gasteiger partial charge in [0.1, 0.15) is 23.2 Å². The maximum Gasteiger partial charge on any atom is 0.346 e. The third kappa shape index (κ3) is 3.22.